The van der Waals surface area contributed by atoms with Crippen LogP contribution in [-0.2, 0) is 14.3 Å². The number of ether oxygens (including phenoxy) is 2. The van der Waals surface area contributed by atoms with Crippen LogP contribution in [0.25, 0.3) is 0 Å². The third kappa shape index (κ3) is 4.88. The van der Waals surface area contributed by atoms with Crippen LogP contribution in [0.1, 0.15) is 37.1 Å². The summed E-state index contributed by atoms with van der Waals surface area (Å²) < 4.78 is 11.1. The van der Waals surface area contributed by atoms with E-state index in [1.807, 2.05) is 48.5 Å². The highest BCUT2D eigenvalue weighted by Gasteiger charge is 2.42. The van der Waals surface area contributed by atoms with E-state index in [9.17, 15) is 15.0 Å². The number of benzene rings is 2. The second-order valence-corrected chi connectivity index (χ2v) is 8.04. The number of aliphatic hydroxyl groups is 2. The Balaban J connectivity index is 1.83. The van der Waals surface area contributed by atoms with Crippen molar-refractivity contribution in [2.45, 2.75) is 50.0 Å². The van der Waals surface area contributed by atoms with Crippen molar-refractivity contribution < 1.29 is 24.5 Å². The smallest absolute Gasteiger partial charge is 0.242 e. The minimum absolute atomic E-state index is 0.146. The van der Waals surface area contributed by atoms with Crippen molar-refractivity contribution in [1.82, 2.24) is 4.90 Å². The largest absolute Gasteiger partial charge is 0.388 e. The number of nitrogens with two attached hydrogens (primary N) is 1. The molecule has 0 bridgehead atoms. The first-order chi connectivity index (χ1) is 14.2. The van der Waals surface area contributed by atoms with Gasteiger partial charge in [-0.05, 0) is 25.0 Å². The lowest BCUT2D eigenvalue weighted by molar-refractivity contribution is -0.158. The van der Waals surface area contributed by atoms with Gasteiger partial charge in [-0.25, -0.2) is 0 Å². The number of nitrogens with zero attached hydrogens (tertiary/aromatic N) is 1. The lowest BCUT2D eigenvalue weighted by Gasteiger charge is -2.35. The number of hydrogen-bond donors (Lipinski definition) is 3. The van der Waals surface area contributed by atoms with Crippen molar-refractivity contribution in [2.75, 3.05) is 13.7 Å². The van der Waals surface area contributed by atoms with Gasteiger partial charge in [0, 0.05) is 7.05 Å². The Labute approximate surface area is 177 Å². The minimum Gasteiger partial charge on any atom is -0.388 e. The van der Waals surface area contributed by atoms with Crippen molar-refractivity contribution in [3.63, 3.8) is 0 Å². The third-order valence-corrected chi connectivity index (χ3v) is 5.41. The van der Waals surface area contributed by atoms with Crippen LogP contribution >= 0.6 is 0 Å². The third-order valence-electron chi connectivity index (χ3n) is 5.41. The van der Waals surface area contributed by atoms with E-state index in [1.54, 1.807) is 33.0 Å². The van der Waals surface area contributed by atoms with Crippen LogP contribution in [0.3, 0.4) is 0 Å². The summed E-state index contributed by atoms with van der Waals surface area (Å²) in [6, 6.07) is 16.5. The summed E-state index contributed by atoms with van der Waals surface area (Å²) in [5.41, 5.74) is 7.56. The molecule has 0 aliphatic carbocycles. The summed E-state index contributed by atoms with van der Waals surface area (Å²) in [4.78, 5) is 14.6. The van der Waals surface area contributed by atoms with Gasteiger partial charge < -0.3 is 30.3 Å². The molecule has 2 aromatic carbocycles. The van der Waals surface area contributed by atoms with Crippen LogP contribution < -0.4 is 5.73 Å². The van der Waals surface area contributed by atoms with E-state index in [0.717, 1.165) is 5.56 Å². The Bertz CT molecular complexity index is 830. The zero-order valence-electron chi connectivity index (χ0n) is 17.5. The van der Waals surface area contributed by atoms with Crippen LogP contribution in [0.5, 0.6) is 0 Å². The van der Waals surface area contributed by atoms with Gasteiger partial charge in [-0.2, -0.15) is 0 Å². The molecular formula is C23H30N2O5. The Hall–Kier alpha value is -2.29. The molecule has 30 heavy (non-hydrogen) atoms. The van der Waals surface area contributed by atoms with Gasteiger partial charge in [-0.3, -0.25) is 4.79 Å². The molecule has 4 N–H and O–H groups in total. The average Bonchev–Trinajstić information content (AvgIpc) is 3.13. The Morgan fingerprint density at radius 1 is 1.07 bits per heavy atom. The fraction of sp³-hybridized carbons (Fsp3) is 0.435. The summed E-state index contributed by atoms with van der Waals surface area (Å²) in [6.45, 7) is 3.62. The predicted octanol–water partition coefficient (Wildman–Crippen LogP) is 1.76. The van der Waals surface area contributed by atoms with Crippen LogP contribution in [0.4, 0.5) is 0 Å². The van der Waals surface area contributed by atoms with E-state index in [-0.39, 0.29) is 6.61 Å². The number of carbonyl (C=O) groups excluding carboxylic acids is 1. The quantitative estimate of drug-likeness (QED) is 0.638. The average molecular weight is 415 g/mol. The lowest BCUT2D eigenvalue weighted by Crippen LogP contribution is -2.54. The Kier molecular flexibility index (Phi) is 6.90. The summed E-state index contributed by atoms with van der Waals surface area (Å²) in [7, 11) is 1.58. The standard InChI is InChI=1S/C23H30N2O5/c1-23(2)29-14-17(30-23)21(27)18(24)22(28)25(3)19(15-10-6-4-7-11-15)20(26)16-12-8-5-9-13-16/h4-13,17-21,26-27H,14,24H2,1-3H3/t17-,18+,19-,20-,21-/m1/s1. The first-order valence-corrected chi connectivity index (χ1v) is 10.0. The van der Waals surface area contributed by atoms with Gasteiger partial charge >= 0.3 is 0 Å². The maximum atomic E-state index is 13.2. The molecule has 1 saturated heterocycles. The molecule has 162 valence electrons. The number of amides is 1. The van der Waals surface area contributed by atoms with Crippen molar-refractivity contribution >= 4 is 5.91 Å². The van der Waals surface area contributed by atoms with Crippen LogP contribution in [0.2, 0.25) is 0 Å². The van der Waals surface area contributed by atoms with E-state index >= 15 is 0 Å². The second kappa shape index (κ2) is 9.24. The van der Waals surface area contributed by atoms with Gasteiger partial charge in [0.05, 0.1) is 12.6 Å². The van der Waals surface area contributed by atoms with E-state index in [2.05, 4.69) is 0 Å². The predicted molar refractivity (Wildman–Crippen MR) is 112 cm³/mol. The maximum Gasteiger partial charge on any atom is 0.242 e. The molecule has 5 atom stereocenters. The molecule has 1 fully saturated rings. The van der Waals surface area contributed by atoms with Crippen molar-refractivity contribution in [3.05, 3.63) is 71.8 Å². The molecular weight excluding hydrogens is 384 g/mol. The molecule has 1 aliphatic rings. The Morgan fingerprint density at radius 2 is 1.60 bits per heavy atom. The van der Waals surface area contributed by atoms with Crippen LogP contribution in [0.15, 0.2) is 60.7 Å². The normalized spacial score (nSPS) is 22.1. The Morgan fingerprint density at radius 3 is 2.10 bits per heavy atom. The van der Waals surface area contributed by atoms with Gasteiger partial charge in [-0.1, -0.05) is 60.7 Å². The first kappa shape index (κ1) is 22.4. The number of hydrogen-bond acceptors (Lipinski definition) is 6. The molecule has 7 nitrogen and oxygen atoms in total. The molecule has 1 heterocycles. The molecule has 1 aliphatic heterocycles. The van der Waals surface area contributed by atoms with Crippen LogP contribution in [-0.4, -0.2) is 58.7 Å². The van der Waals surface area contributed by atoms with Gasteiger partial charge in [0.2, 0.25) is 5.91 Å². The zero-order chi connectivity index (χ0) is 21.9. The SMILES string of the molecule is CN(C(=O)[C@@H](N)[C@H](O)[C@H]1COC(C)(C)O1)[C@H](c1ccccc1)[C@H](O)c1ccccc1. The van der Waals surface area contributed by atoms with Gasteiger partial charge in [0.15, 0.2) is 5.79 Å². The highest BCUT2D eigenvalue weighted by atomic mass is 16.7. The maximum absolute atomic E-state index is 13.2. The van der Waals surface area contributed by atoms with Crippen molar-refractivity contribution in [3.8, 4) is 0 Å². The fourth-order valence-electron chi connectivity index (χ4n) is 3.73. The van der Waals surface area contributed by atoms with Crippen molar-refractivity contribution in [2.24, 2.45) is 5.73 Å². The molecule has 7 heteroatoms. The molecule has 0 aromatic heterocycles. The second-order valence-electron chi connectivity index (χ2n) is 8.04. The van der Waals surface area contributed by atoms with E-state index in [4.69, 9.17) is 15.2 Å². The number of carbonyl (C=O) groups is 1. The highest BCUT2D eigenvalue weighted by Crippen LogP contribution is 2.34. The van der Waals surface area contributed by atoms with Gasteiger partial charge in [-0.15, -0.1) is 0 Å². The molecule has 0 saturated carbocycles. The topological polar surface area (TPSA) is 105 Å². The summed E-state index contributed by atoms with van der Waals surface area (Å²) in [6.07, 6.45) is -2.93. The van der Waals surface area contributed by atoms with Gasteiger partial charge in [0.1, 0.15) is 24.4 Å². The lowest BCUT2D eigenvalue weighted by atomic mass is 9.93. The van der Waals surface area contributed by atoms with Crippen LogP contribution in [0, 0.1) is 0 Å². The van der Waals surface area contributed by atoms with E-state index in [0.29, 0.717) is 5.56 Å². The molecule has 3 rings (SSSR count). The van der Waals surface area contributed by atoms with E-state index < -0.39 is 42.1 Å². The molecule has 1 amide bonds. The molecule has 2 aromatic rings. The highest BCUT2D eigenvalue weighted by molar-refractivity contribution is 5.82. The number of aliphatic hydroxyl groups excluding tert-OH is 2. The monoisotopic (exact) mass is 414 g/mol. The molecule has 0 unspecified atom stereocenters. The van der Waals surface area contributed by atoms with E-state index in [1.165, 1.54) is 4.90 Å². The van der Waals surface area contributed by atoms with Crippen molar-refractivity contribution in [1.29, 1.82) is 0 Å². The minimum atomic E-state index is -1.24. The molecule has 0 radical (unpaired) electrons. The summed E-state index contributed by atoms with van der Waals surface area (Å²) >= 11 is 0. The summed E-state index contributed by atoms with van der Waals surface area (Å²) in [5, 5.41) is 21.7. The molecule has 0 spiro atoms. The fourth-order valence-corrected chi connectivity index (χ4v) is 3.73. The summed E-state index contributed by atoms with van der Waals surface area (Å²) in [5.74, 6) is -1.34. The number of likely N-dealkylation sites (N-methyl/N-ethyl adjacent to an activating group) is 1. The first-order valence-electron chi connectivity index (χ1n) is 10.0. The number of rotatable bonds is 7. The zero-order valence-corrected chi connectivity index (χ0v) is 17.5. The van der Waals surface area contributed by atoms with Gasteiger partial charge in [0.25, 0.3) is 0 Å².